The van der Waals surface area contributed by atoms with Crippen molar-refractivity contribution in [3.8, 4) is 17.6 Å². The average Bonchev–Trinajstić information content (AvgIpc) is 3.54. The number of likely N-dealkylation sites (tertiary alicyclic amines) is 1. The summed E-state index contributed by atoms with van der Waals surface area (Å²) in [4.78, 5) is 18.3. The van der Waals surface area contributed by atoms with Crippen LogP contribution in [0.1, 0.15) is 61.8 Å². The highest BCUT2D eigenvalue weighted by Gasteiger charge is 2.66. The molecule has 5 aliphatic rings. The van der Waals surface area contributed by atoms with Crippen molar-refractivity contribution in [1.29, 1.82) is 0 Å². The molecule has 2 unspecified atom stereocenters. The number of aliphatic hydroxyl groups is 1. The minimum absolute atomic E-state index is 0.145. The SMILES string of the molecule is CC(C)CN(C(=O)C#Cc1ccc(C(F)(F)F)cc1)[C@@H]1CC[C@H]2[C@H]3Cc4cccc5c4[C@@]2(CCN3CC2CC2O)[C@H]1O5. The van der Waals surface area contributed by atoms with E-state index in [0.717, 1.165) is 63.1 Å². The van der Waals surface area contributed by atoms with Crippen molar-refractivity contribution in [2.45, 2.75) is 81.8 Å². The topological polar surface area (TPSA) is 53.0 Å². The number of benzene rings is 2. The summed E-state index contributed by atoms with van der Waals surface area (Å²) in [5.41, 5.74) is 2.17. The van der Waals surface area contributed by atoms with Crippen molar-refractivity contribution in [3.63, 3.8) is 0 Å². The summed E-state index contributed by atoms with van der Waals surface area (Å²) in [6.07, 6.45) is -0.0956. The van der Waals surface area contributed by atoms with Crippen LogP contribution < -0.4 is 4.74 Å². The van der Waals surface area contributed by atoms with Crippen LogP contribution in [0.15, 0.2) is 42.5 Å². The first-order chi connectivity index (χ1) is 20.1. The van der Waals surface area contributed by atoms with Gasteiger partial charge in [0.1, 0.15) is 11.9 Å². The number of halogens is 3. The third kappa shape index (κ3) is 4.51. The van der Waals surface area contributed by atoms with Gasteiger partial charge in [-0.1, -0.05) is 31.9 Å². The van der Waals surface area contributed by atoms with Crippen LogP contribution in [0.2, 0.25) is 0 Å². The lowest BCUT2D eigenvalue weighted by atomic mass is 9.51. The molecule has 3 fully saturated rings. The van der Waals surface area contributed by atoms with Crippen LogP contribution in [0.3, 0.4) is 0 Å². The molecule has 0 aromatic heterocycles. The second-order valence-electron chi connectivity index (χ2n) is 13.4. The summed E-state index contributed by atoms with van der Waals surface area (Å²) in [6, 6.07) is 11.3. The number of alkyl halides is 3. The first kappa shape index (κ1) is 27.8. The number of carbonyl (C=O) groups is 1. The lowest BCUT2D eigenvalue weighted by molar-refractivity contribution is -0.138. The Bertz CT molecular complexity index is 1440. The van der Waals surface area contributed by atoms with E-state index in [1.165, 1.54) is 23.3 Å². The Hall–Kier alpha value is -3.02. The van der Waals surface area contributed by atoms with E-state index in [2.05, 4.69) is 48.8 Å². The number of rotatable bonds is 5. The van der Waals surface area contributed by atoms with Gasteiger partial charge >= 0.3 is 6.18 Å². The molecule has 0 radical (unpaired) electrons. The maximum absolute atomic E-state index is 13.8. The first-order valence-corrected chi connectivity index (χ1v) is 15.3. The predicted octanol–water partition coefficient (Wildman–Crippen LogP) is 5.03. The fourth-order valence-corrected chi connectivity index (χ4v) is 8.55. The van der Waals surface area contributed by atoms with Crippen molar-refractivity contribution in [2.24, 2.45) is 17.8 Å². The molecule has 1 amide bonds. The Balaban J connectivity index is 1.20. The van der Waals surface area contributed by atoms with E-state index in [1.54, 1.807) is 0 Å². The number of amides is 1. The molecule has 222 valence electrons. The minimum atomic E-state index is -4.42. The number of hydrogen-bond acceptors (Lipinski definition) is 4. The molecular weight excluding hydrogens is 541 g/mol. The van der Waals surface area contributed by atoms with Gasteiger partial charge in [0.25, 0.3) is 5.91 Å². The van der Waals surface area contributed by atoms with Gasteiger partial charge in [0, 0.05) is 47.5 Å². The zero-order valence-corrected chi connectivity index (χ0v) is 24.0. The van der Waals surface area contributed by atoms with Gasteiger partial charge in [-0.3, -0.25) is 9.69 Å². The number of hydrogen-bond donors (Lipinski definition) is 1. The van der Waals surface area contributed by atoms with Crippen LogP contribution in [-0.4, -0.2) is 64.7 Å². The summed E-state index contributed by atoms with van der Waals surface area (Å²) in [7, 11) is 0. The highest BCUT2D eigenvalue weighted by molar-refractivity contribution is 5.94. The Morgan fingerprint density at radius 2 is 1.95 bits per heavy atom. The molecule has 3 aliphatic carbocycles. The Morgan fingerprint density at radius 3 is 2.64 bits per heavy atom. The molecule has 2 heterocycles. The Kier molecular flexibility index (Phi) is 6.63. The zero-order chi connectivity index (χ0) is 29.4. The maximum atomic E-state index is 13.8. The van der Waals surface area contributed by atoms with Crippen molar-refractivity contribution >= 4 is 5.91 Å². The molecular formula is C34H37F3N2O3. The third-order valence-electron chi connectivity index (χ3n) is 10.4. The molecule has 2 aliphatic heterocycles. The van der Waals surface area contributed by atoms with E-state index in [1.807, 2.05) is 4.90 Å². The van der Waals surface area contributed by atoms with E-state index in [9.17, 15) is 23.1 Å². The van der Waals surface area contributed by atoms with E-state index < -0.39 is 11.7 Å². The van der Waals surface area contributed by atoms with E-state index >= 15 is 0 Å². The normalized spacial score (nSPS) is 32.5. The van der Waals surface area contributed by atoms with Crippen LogP contribution in [-0.2, 0) is 22.8 Å². The van der Waals surface area contributed by atoms with Crippen LogP contribution in [0.4, 0.5) is 13.2 Å². The highest BCUT2D eigenvalue weighted by atomic mass is 19.4. The molecule has 42 heavy (non-hydrogen) atoms. The van der Waals surface area contributed by atoms with Crippen molar-refractivity contribution in [2.75, 3.05) is 19.6 Å². The van der Waals surface area contributed by atoms with Gasteiger partial charge < -0.3 is 14.7 Å². The highest BCUT2D eigenvalue weighted by Crippen LogP contribution is 2.63. The number of piperidine rings is 1. The van der Waals surface area contributed by atoms with E-state index in [0.29, 0.717) is 30.0 Å². The second-order valence-corrected chi connectivity index (χ2v) is 13.4. The van der Waals surface area contributed by atoms with Crippen LogP contribution in [0, 0.1) is 29.6 Å². The van der Waals surface area contributed by atoms with Crippen molar-refractivity contribution in [1.82, 2.24) is 9.80 Å². The molecule has 2 saturated carbocycles. The fraction of sp³-hybridized carbons (Fsp3) is 0.559. The lowest BCUT2D eigenvalue weighted by Gasteiger charge is -2.60. The molecule has 7 rings (SSSR count). The summed E-state index contributed by atoms with van der Waals surface area (Å²) in [6.45, 7) is 6.59. The molecule has 2 aromatic rings. The van der Waals surface area contributed by atoms with E-state index in [-0.39, 0.29) is 35.5 Å². The lowest BCUT2D eigenvalue weighted by Crippen LogP contribution is -2.69. The summed E-state index contributed by atoms with van der Waals surface area (Å²) >= 11 is 0. The van der Waals surface area contributed by atoms with Crippen molar-refractivity contribution < 1.29 is 27.8 Å². The molecule has 2 bridgehead atoms. The van der Waals surface area contributed by atoms with Gasteiger partial charge in [0.05, 0.1) is 17.7 Å². The summed E-state index contributed by atoms with van der Waals surface area (Å²) in [5.74, 6) is 7.23. The molecule has 5 nitrogen and oxygen atoms in total. The number of ether oxygens (including phenoxy) is 1. The summed E-state index contributed by atoms with van der Waals surface area (Å²) < 4.78 is 45.8. The quantitative estimate of drug-likeness (QED) is 0.506. The Labute approximate surface area is 245 Å². The molecule has 1 spiro atoms. The fourth-order valence-electron chi connectivity index (χ4n) is 8.55. The van der Waals surface area contributed by atoms with Gasteiger partial charge in [-0.05, 0) is 86.4 Å². The monoisotopic (exact) mass is 578 g/mol. The first-order valence-electron chi connectivity index (χ1n) is 15.3. The number of aliphatic hydroxyl groups excluding tert-OH is 1. The van der Waals surface area contributed by atoms with Gasteiger partial charge in [-0.2, -0.15) is 13.2 Å². The molecule has 8 heteroatoms. The third-order valence-corrected chi connectivity index (χ3v) is 10.4. The molecule has 1 saturated heterocycles. The van der Waals surface area contributed by atoms with Crippen LogP contribution >= 0.6 is 0 Å². The second kappa shape index (κ2) is 10.0. The van der Waals surface area contributed by atoms with Crippen molar-refractivity contribution in [3.05, 3.63) is 64.7 Å². The van der Waals surface area contributed by atoms with Gasteiger partial charge in [0.15, 0.2) is 0 Å². The predicted molar refractivity (Wildman–Crippen MR) is 152 cm³/mol. The molecule has 1 N–H and O–H groups in total. The van der Waals surface area contributed by atoms with Gasteiger partial charge in [-0.15, -0.1) is 0 Å². The number of nitrogens with zero attached hydrogens (tertiary/aromatic N) is 2. The average molecular weight is 579 g/mol. The Morgan fingerprint density at radius 1 is 1.19 bits per heavy atom. The smallest absolute Gasteiger partial charge is 0.416 e. The standard InChI is InChI=1S/C34H37F3N2O3/c1-20(2)18-39(30(41)13-8-21-6-9-24(10-7-21)34(35,36)37)26-12-11-25-27-16-22-4-3-5-29-31(22)33(25,32(26)42-29)14-15-38(27)19-23-17-28(23)40/h3-7,9-10,20,23,25-28,32,40H,11-12,14-19H2,1-2H3/t23?,25-,26+,27+,28?,32-,33-/m0/s1. The maximum Gasteiger partial charge on any atom is 0.416 e. The van der Waals surface area contributed by atoms with Crippen LogP contribution in [0.25, 0.3) is 0 Å². The molecule has 7 atom stereocenters. The molecule has 2 aromatic carbocycles. The van der Waals surface area contributed by atoms with Gasteiger partial charge in [-0.25, -0.2) is 0 Å². The van der Waals surface area contributed by atoms with E-state index in [4.69, 9.17) is 4.74 Å². The largest absolute Gasteiger partial charge is 0.487 e. The minimum Gasteiger partial charge on any atom is -0.487 e. The van der Waals surface area contributed by atoms with Crippen LogP contribution in [0.5, 0.6) is 5.75 Å². The number of carbonyl (C=O) groups excluding carboxylic acids is 1. The summed E-state index contributed by atoms with van der Waals surface area (Å²) in [5, 5.41) is 10.1. The zero-order valence-electron chi connectivity index (χ0n) is 24.0. The van der Waals surface area contributed by atoms with Gasteiger partial charge in [0.2, 0.25) is 0 Å².